The van der Waals surface area contributed by atoms with Crippen LogP contribution in [-0.2, 0) is 12.8 Å². The second-order valence-corrected chi connectivity index (χ2v) is 6.23. The molecule has 22 heavy (non-hydrogen) atoms. The van der Waals surface area contributed by atoms with Crippen LogP contribution in [0.5, 0.6) is 0 Å². The standard InChI is InChI=1S/C19H27N3/c1-4-21(5-2)19-17-9-7-6-8-10-18(17)20-22(19)16-13-11-15(3)12-14-16/h11-14H,4-10H2,1-3H3. The maximum absolute atomic E-state index is 5.00. The lowest BCUT2D eigenvalue weighted by atomic mass is 10.1. The summed E-state index contributed by atoms with van der Waals surface area (Å²) in [5, 5.41) is 5.00. The van der Waals surface area contributed by atoms with E-state index in [1.165, 1.54) is 54.0 Å². The van der Waals surface area contributed by atoms with E-state index in [2.05, 4.69) is 54.6 Å². The number of nitrogens with zero attached hydrogens (tertiary/aromatic N) is 3. The molecule has 0 unspecified atom stereocenters. The van der Waals surface area contributed by atoms with Gasteiger partial charge in [-0.3, -0.25) is 0 Å². The Labute approximate surface area is 133 Å². The van der Waals surface area contributed by atoms with Crippen molar-refractivity contribution in [1.29, 1.82) is 0 Å². The van der Waals surface area contributed by atoms with Crippen molar-refractivity contribution in [3.05, 3.63) is 41.1 Å². The van der Waals surface area contributed by atoms with Crippen LogP contribution in [0.4, 0.5) is 5.82 Å². The largest absolute Gasteiger partial charge is 0.357 e. The molecule has 0 aliphatic heterocycles. The van der Waals surface area contributed by atoms with Gasteiger partial charge in [0.05, 0.1) is 11.4 Å². The lowest BCUT2D eigenvalue weighted by molar-refractivity contribution is 0.688. The predicted molar refractivity (Wildman–Crippen MR) is 93.1 cm³/mol. The highest BCUT2D eigenvalue weighted by molar-refractivity contribution is 5.56. The van der Waals surface area contributed by atoms with Crippen molar-refractivity contribution in [2.75, 3.05) is 18.0 Å². The van der Waals surface area contributed by atoms with Gasteiger partial charge in [-0.1, -0.05) is 24.1 Å². The van der Waals surface area contributed by atoms with Gasteiger partial charge in [0.15, 0.2) is 0 Å². The molecule has 1 aromatic heterocycles. The van der Waals surface area contributed by atoms with E-state index in [1.54, 1.807) is 0 Å². The Morgan fingerprint density at radius 3 is 2.36 bits per heavy atom. The maximum Gasteiger partial charge on any atom is 0.135 e. The van der Waals surface area contributed by atoms with Crippen molar-refractivity contribution in [2.24, 2.45) is 0 Å². The van der Waals surface area contributed by atoms with Gasteiger partial charge in [-0.2, -0.15) is 5.10 Å². The van der Waals surface area contributed by atoms with E-state index >= 15 is 0 Å². The molecule has 1 aromatic carbocycles. The fourth-order valence-corrected chi connectivity index (χ4v) is 3.43. The Bertz CT molecular complexity index is 621. The highest BCUT2D eigenvalue weighted by Crippen LogP contribution is 2.32. The van der Waals surface area contributed by atoms with Crippen LogP contribution in [0.1, 0.15) is 49.9 Å². The summed E-state index contributed by atoms with van der Waals surface area (Å²) >= 11 is 0. The van der Waals surface area contributed by atoms with Crippen molar-refractivity contribution in [2.45, 2.75) is 52.9 Å². The van der Waals surface area contributed by atoms with Crippen LogP contribution in [0.3, 0.4) is 0 Å². The summed E-state index contributed by atoms with van der Waals surface area (Å²) in [6, 6.07) is 8.73. The highest BCUT2D eigenvalue weighted by atomic mass is 15.4. The number of fused-ring (bicyclic) bond motifs is 1. The van der Waals surface area contributed by atoms with Crippen LogP contribution < -0.4 is 4.90 Å². The van der Waals surface area contributed by atoms with Crippen LogP contribution in [0.2, 0.25) is 0 Å². The predicted octanol–water partition coefficient (Wildman–Crippen LogP) is 4.30. The third kappa shape index (κ3) is 2.77. The highest BCUT2D eigenvalue weighted by Gasteiger charge is 2.23. The normalized spacial score (nSPS) is 14.5. The number of aromatic nitrogens is 2. The molecule has 0 amide bonds. The topological polar surface area (TPSA) is 21.1 Å². The second kappa shape index (κ2) is 6.55. The SMILES string of the molecule is CCN(CC)c1c2c(nn1-c1ccc(C)cc1)CCCCC2. The summed E-state index contributed by atoms with van der Waals surface area (Å²) < 4.78 is 2.18. The first-order valence-corrected chi connectivity index (χ1v) is 8.67. The van der Waals surface area contributed by atoms with Gasteiger partial charge < -0.3 is 4.90 Å². The molecule has 0 N–H and O–H groups in total. The first-order chi connectivity index (χ1) is 10.7. The lowest BCUT2D eigenvalue weighted by Crippen LogP contribution is -2.25. The molecule has 3 rings (SSSR count). The Hall–Kier alpha value is -1.77. The zero-order valence-corrected chi connectivity index (χ0v) is 14.1. The number of benzene rings is 1. The molecule has 0 saturated carbocycles. The molecule has 3 heteroatoms. The minimum Gasteiger partial charge on any atom is -0.357 e. The van der Waals surface area contributed by atoms with E-state index in [9.17, 15) is 0 Å². The monoisotopic (exact) mass is 297 g/mol. The first kappa shape index (κ1) is 15.1. The smallest absolute Gasteiger partial charge is 0.135 e. The molecule has 0 spiro atoms. The van der Waals surface area contributed by atoms with Gasteiger partial charge in [-0.25, -0.2) is 4.68 Å². The molecular weight excluding hydrogens is 270 g/mol. The summed E-state index contributed by atoms with van der Waals surface area (Å²) in [6.07, 6.45) is 6.20. The van der Waals surface area contributed by atoms with Gasteiger partial charge in [0, 0.05) is 18.7 Å². The first-order valence-electron chi connectivity index (χ1n) is 8.67. The third-order valence-corrected chi connectivity index (χ3v) is 4.72. The Morgan fingerprint density at radius 1 is 1.00 bits per heavy atom. The van der Waals surface area contributed by atoms with Crippen molar-refractivity contribution >= 4 is 5.82 Å². The Kier molecular flexibility index (Phi) is 4.51. The molecule has 2 aromatic rings. The molecular formula is C19H27N3. The average molecular weight is 297 g/mol. The van der Waals surface area contributed by atoms with Crippen molar-refractivity contribution in [1.82, 2.24) is 9.78 Å². The summed E-state index contributed by atoms with van der Waals surface area (Å²) in [5.41, 5.74) is 5.28. The summed E-state index contributed by atoms with van der Waals surface area (Å²) in [6.45, 7) is 8.66. The van der Waals surface area contributed by atoms with Crippen LogP contribution in [0, 0.1) is 6.92 Å². The summed E-state index contributed by atoms with van der Waals surface area (Å²) in [4.78, 5) is 2.46. The molecule has 1 aliphatic carbocycles. The van der Waals surface area contributed by atoms with Gasteiger partial charge >= 0.3 is 0 Å². The second-order valence-electron chi connectivity index (χ2n) is 6.23. The van der Waals surface area contributed by atoms with Crippen molar-refractivity contribution < 1.29 is 0 Å². The molecule has 0 radical (unpaired) electrons. The van der Waals surface area contributed by atoms with Crippen molar-refractivity contribution in [3.63, 3.8) is 0 Å². The Balaban J connectivity index is 2.14. The van der Waals surface area contributed by atoms with E-state index < -0.39 is 0 Å². The molecule has 1 heterocycles. The molecule has 0 bridgehead atoms. The maximum atomic E-state index is 5.00. The van der Waals surface area contributed by atoms with E-state index in [1.807, 2.05) is 0 Å². The fourth-order valence-electron chi connectivity index (χ4n) is 3.43. The molecule has 1 aliphatic rings. The minimum absolute atomic E-state index is 1.03. The molecule has 0 saturated heterocycles. The number of aryl methyl sites for hydroxylation is 2. The zero-order chi connectivity index (χ0) is 15.5. The molecule has 118 valence electrons. The number of anilines is 1. The van der Waals surface area contributed by atoms with Gasteiger partial charge in [0.2, 0.25) is 0 Å². The van der Waals surface area contributed by atoms with Gasteiger partial charge in [0.25, 0.3) is 0 Å². The molecule has 3 nitrogen and oxygen atoms in total. The summed E-state index contributed by atoms with van der Waals surface area (Å²) in [7, 11) is 0. The zero-order valence-electron chi connectivity index (χ0n) is 14.1. The van der Waals surface area contributed by atoms with Gasteiger partial charge in [-0.15, -0.1) is 0 Å². The van der Waals surface area contributed by atoms with E-state index in [4.69, 9.17) is 5.10 Å². The van der Waals surface area contributed by atoms with Crippen LogP contribution in [-0.4, -0.2) is 22.9 Å². The number of hydrogen-bond acceptors (Lipinski definition) is 2. The van der Waals surface area contributed by atoms with Gasteiger partial charge in [-0.05, 0) is 58.6 Å². The number of hydrogen-bond donors (Lipinski definition) is 0. The van der Waals surface area contributed by atoms with E-state index in [0.717, 1.165) is 19.5 Å². The average Bonchev–Trinajstić information content (AvgIpc) is 2.73. The van der Waals surface area contributed by atoms with Crippen LogP contribution >= 0.6 is 0 Å². The van der Waals surface area contributed by atoms with Crippen LogP contribution in [0.25, 0.3) is 5.69 Å². The van der Waals surface area contributed by atoms with E-state index in [0.29, 0.717) is 0 Å². The molecule has 0 atom stereocenters. The van der Waals surface area contributed by atoms with E-state index in [-0.39, 0.29) is 0 Å². The number of rotatable bonds is 4. The minimum atomic E-state index is 1.03. The van der Waals surface area contributed by atoms with Crippen LogP contribution in [0.15, 0.2) is 24.3 Å². The fraction of sp³-hybridized carbons (Fsp3) is 0.526. The summed E-state index contributed by atoms with van der Waals surface area (Å²) in [5.74, 6) is 1.32. The third-order valence-electron chi connectivity index (χ3n) is 4.72. The quantitative estimate of drug-likeness (QED) is 0.785. The van der Waals surface area contributed by atoms with Crippen molar-refractivity contribution in [3.8, 4) is 5.69 Å². The Morgan fingerprint density at radius 2 is 1.68 bits per heavy atom. The van der Waals surface area contributed by atoms with Gasteiger partial charge in [0.1, 0.15) is 5.82 Å². The molecule has 0 fully saturated rings. The lowest BCUT2D eigenvalue weighted by Gasteiger charge is -2.24.